The number of amides is 1. The minimum absolute atomic E-state index is 0.0318. The van der Waals surface area contributed by atoms with Gasteiger partial charge in [0.25, 0.3) is 0 Å². The van der Waals surface area contributed by atoms with Crippen LogP contribution in [-0.4, -0.2) is 25.9 Å². The monoisotopic (exact) mass is 373 g/mol. The van der Waals surface area contributed by atoms with E-state index in [9.17, 15) is 4.79 Å². The molecule has 2 aromatic rings. The summed E-state index contributed by atoms with van der Waals surface area (Å²) in [6, 6.07) is 12.1. The number of carbonyl (C=O) groups is 1. The van der Waals surface area contributed by atoms with Gasteiger partial charge in [0.2, 0.25) is 5.91 Å². The van der Waals surface area contributed by atoms with E-state index in [2.05, 4.69) is 30.4 Å². The Bertz CT molecular complexity index is 761. The van der Waals surface area contributed by atoms with Gasteiger partial charge in [0.15, 0.2) is 11.5 Å². The average Bonchev–Trinajstić information content (AvgIpc) is 2.61. The largest absolute Gasteiger partial charge is 0.493 e. The molecule has 2 rings (SSSR count). The maximum Gasteiger partial charge on any atom is 0.230 e. The summed E-state index contributed by atoms with van der Waals surface area (Å²) < 4.78 is 10.7. The lowest BCUT2D eigenvalue weighted by molar-refractivity contribution is -0.119. The molecule has 5 heteroatoms. The van der Waals surface area contributed by atoms with Crippen molar-refractivity contribution < 1.29 is 14.3 Å². The van der Waals surface area contributed by atoms with Crippen LogP contribution in [0.2, 0.25) is 0 Å². The number of thioether (sulfide) groups is 1. The quantitative estimate of drug-likeness (QED) is 0.743. The van der Waals surface area contributed by atoms with Crippen molar-refractivity contribution in [3.05, 3.63) is 58.7 Å². The van der Waals surface area contributed by atoms with Crippen molar-refractivity contribution in [1.82, 2.24) is 5.32 Å². The Kier molecular flexibility index (Phi) is 7.39. The van der Waals surface area contributed by atoms with E-state index in [0.717, 1.165) is 16.9 Å². The molecule has 1 unspecified atom stereocenters. The zero-order valence-corrected chi connectivity index (χ0v) is 16.9. The van der Waals surface area contributed by atoms with Gasteiger partial charge in [-0.1, -0.05) is 29.8 Å². The van der Waals surface area contributed by atoms with Crippen LogP contribution in [0, 0.1) is 13.8 Å². The number of benzene rings is 2. The number of rotatable bonds is 8. The molecule has 0 fully saturated rings. The summed E-state index contributed by atoms with van der Waals surface area (Å²) in [5.74, 6) is 2.66. The predicted octanol–water partition coefficient (Wildman–Crippen LogP) is 4.43. The van der Waals surface area contributed by atoms with Crippen LogP contribution >= 0.6 is 11.8 Å². The van der Waals surface area contributed by atoms with Crippen LogP contribution in [0.4, 0.5) is 0 Å². The van der Waals surface area contributed by atoms with Crippen LogP contribution in [0.5, 0.6) is 11.5 Å². The Morgan fingerprint density at radius 2 is 1.81 bits per heavy atom. The Balaban J connectivity index is 1.92. The van der Waals surface area contributed by atoms with Gasteiger partial charge in [-0.05, 0) is 49.6 Å². The number of nitrogens with one attached hydrogen (secondary N) is 1. The molecule has 1 atom stereocenters. The molecule has 0 heterocycles. The number of methoxy groups -OCH3 is 2. The highest BCUT2D eigenvalue weighted by molar-refractivity contribution is 7.99. The third-order valence-electron chi connectivity index (χ3n) is 4.20. The van der Waals surface area contributed by atoms with Crippen molar-refractivity contribution in [3.8, 4) is 11.5 Å². The van der Waals surface area contributed by atoms with Crippen molar-refractivity contribution in [2.75, 3.05) is 20.0 Å². The summed E-state index contributed by atoms with van der Waals surface area (Å²) in [5.41, 5.74) is 4.57. The van der Waals surface area contributed by atoms with E-state index in [-0.39, 0.29) is 11.9 Å². The van der Waals surface area contributed by atoms with Crippen LogP contribution < -0.4 is 14.8 Å². The summed E-state index contributed by atoms with van der Waals surface area (Å²) in [6.45, 7) is 6.07. The van der Waals surface area contributed by atoms with Crippen LogP contribution in [0.3, 0.4) is 0 Å². The summed E-state index contributed by atoms with van der Waals surface area (Å²) in [5, 5.41) is 3.07. The van der Waals surface area contributed by atoms with Crippen LogP contribution in [0.1, 0.15) is 35.2 Å². The van der Waals surface area contributed by atoms with E-state index in [0.29, 0.717) is 17.3 Å². The summed E-state index contributed by atoms with van der Waals surface area (Å²) in [6.07, 6.45) is 0. The van der Waals surface area contributed by atoms with Gasteiger partial charge >= 0.3 is 0 Å². The third-order valence-corrected chi connectivity index (χ3v) is 5.20. The minimum atomic E-state index is -0.0955. The van der Waals surface area contributed by atoms with Crippen molar-refractivity contribution >= 4 is 17.7 Å². The SMILES string of the molecule is COc1cc(C)c(C(C)NC(=O)CSCc2cccc(C)c2)cc1OC. The Morgan fingerprint density at radius 3 is 2.46 bits per heavy atom. The molecule has 140 valence electrons. The minimum Gasteiger partial charge on any atom is -0.493 e. The highest BCUT2D eigenvalue weighted by Crippen LogP contribution is 2.32. The number of hydrogen-bond donors (Lipinski definition) is 1. The molecule has 1 amide bonds. The van der Waals surface area contributed by atoms with Crippen LogP contribution in [0.25, 0.3) is 0 Å². The molecule has 1 N–H and O–H groups in total. The fraction of sp³-hybridized carbons (Fsp3) is 0.381. The number of carbonyl (C=O) groups excluding carboxylic acids is 1. The molecule has 0 saturated carbocycles. The van der Waals surface area contributed by atoms with E-state index in [1.807, 2.05) is 32.0 Å². The van der Waals surface area contributed by atoms with Gasteiger partial charge < -0.3 is 14.8 Å². The second-order valence-electron chi connectivity index (χ2n) is 6.33. The van der Waals surface area contributed by atoms with Crippen molar-refractivity contribution in [3.63, 3.8) is 0 Å². The van der Waals surface area contributed by atoms with E-state index in [4.69, 9.17) is 9.47 Å². The molecule has 2 aromatic carbocycles. The van der Waals surface area contributed by atoms with Crippen LogP contribution in [-0.2, 0) is 10.5 Å². The molecule has 0 radical (unpaired) electrons. The molecule has 4 nitrogen and oxygen atoms in total. The summed E-state index contributed by atoms with van der Waals surface area (Å²) in [4.78, 5) is 12.3. The van der Waals surface area contributed by atoms with Crippen molar-refractivity contribution in [1.29, 1.82) is 0 Å². The first-order chi connectivity index (χ1) is 12.4. The molecule has 0 spiro atoms. The van der Waals surface area contributed by atoms with Gasteiger partial charge in [-0.3, -0.25) is 4.79 Å². The molecule has 0 aliphatic heterocycles. The lowest BCUT2D eigenvalue weighted by Crippen LogP contribution is -2.28. The molecule has 0 bridgehead atoms. The molecular formula is C21H27NO3S. The highest BCUT2D eigenvalue weighted by atomic mass is 32.2. The Hall–Kier alpha value is -2.14. The van der Waals surface area contributed by atoms with E-state index in [1.54, 1.807) is 26.0 Å². The van der Waals surface area contributed by atoms with Gasteiger partial charge in [0, 0.05) is 5.75 Å². The first-order valence-corrected chi connectivity index (χ1v) is 9.75. The van der Waals surface area contributed by atoms with Gasteiger partial charge in [0.05, 0.1) is 26.0 Å². The van der Waals surface area contributed by atoms with Gasteiger partial charge in [-0.15, -0.1) is 11.8 Å². The van der Waals surface area contributed by atoms with Gasteiger partial charge in [-0.2, -0.15) is 0 Å². The lowest BCUT2D eigenvalue weighted by atomic mass is 10.0. The zero-order chi connectivity index (χ0) is 19.1. The summed E-state index contributed by atoms with van der Waals surface area (Å²) in [7, 11) is 3.23. The maximum absolute atomic E-state index is 12.3. The Morgan fingerprint density at radius 1 is 1.12 bits per heavy atom. The maximum atomic E-state index is 12.3. The molecule has 0 saturated heterocycles. The smallest absolute Gasteiger partial charge is 0.230 e. The number of ether oxygens (including phenoxy) is 2. The van der Waals surface area contributed by atoms with Gasteiger partial charge in [-0.25, -0.2) is 0 Å². The normalized spacial score (nSPS) is 11.7. The van der Waals surface area contributed by atoms with E-state index in [1.165, 1.54) is 11.1 Å². The topological polar surface area (TPSA) is 47.6 Å². The number of hydrogen-bond acceptors (Lipinski definition) is 4. The molecule has 0 aliphatic rings. The fourth-order valence-corrected chi connectivity index (χ4v) is 3.67. The third kappa shape index (κ3) is 5.43. The lowest BCUT2D eigenvalue weighted by Gasteiger charge is -2.19. The number of aryl methyl sites for hydroxylation is 2. The van der Waals surface area contributed by atoms with Crippen molar-refractivity contribution in [2.24, 2.45) is 0 Å². The molecule has 26 heavy (non-hydrogen) atoms. The molecule has 0 aliphatic carbocycles. The zero-order valence-electron chi connectivity index (χ0n) is 16.1. The predicted molar refractivity (Wildman–Crippen MR) is 108 cm³/mol. The van der Waals surface area contributed by atoms with Gasteiger partial charge in [0.1, 0.15) is 0 Å². The van der Waals surface area contributed by atoms with E-state index >= 15 is 0 Å². The standard InChI is InChI=1S/C21H27NO3S/c1-14-7-6-8-17(9-14)12-26-13-21(23)22-16(3)18-11-20(25-5)19(24-4)10-15(18)2/h6-11,16H,12-13H2,1-5H3,(H,22,23). The second kappa shape index (κ2) is 9.53. The molecule has 0 aromatic heterocycles. The summed E-state index contributed by atoms with van der Waals surface area (Å²) >= 11 is 1.62. The highest BCUT2D eigenvalue weighted by Gasteiger charge is 2.15. The average molecular weight is 374 g/mol. The fourth-order valence-electron chi connectivity index (χ4n) is 2.89. The Labute approximate surface area is 160 Å². The van der Waals surface area contributed by atoms with Crippen LogP contribution in [0.15, 0.2) is 36.4 Å². The first-order valence-electron chi connectivity index (χ1n) is 8.59. The van der Waals surface area contributed by atoms with E-state index < -0.39 is 0 Å². The first kappa shape index (κ1) is 20.2. The second-order valence-corrected chi connectivity index (χ2v) is 7.32. The van der Waals surface area contributed by atoms with Crippen molar-refractivity contribution in [2.45, 2.75) is 32.6 Å². The molecular weight excluding hydrogens is 346 g/mol.